The highest BCUT2D eigenvalue weighted by Crippen LogP contribution is 2.23. The molecule has 1 aliphatic heterocycles. The van der Waals surface area contributed by atoms with Crippen LogP contribution in [0.3, 0.4) is 0 Å². The second kappa shape index (κ2) is 11.7. The number of fused-ring (bicyclic) bond motifs is 16. The first kappa shape index (κ1) is 25.7. The van der Waals surface area contributed by atoms with E-state index < -0.39 is 0 Å². The molecule has 0 aliphatic carbocycles. The van der Waals surface area contributed by atoms with Crippen LogP contribution in [-0.4, -0.2) is 80.8 Å². The van der Waals surface area contributed by atoms with E-state index in [1.165, 1.54) is 0 Å². The van der Waals surface area contributed by atoms with Gasteiger partial charge in [0, 0.05) is 22.3 Å². The minimum atomic E-state index is 0.565. The maximum atomic E-state index is 4.57. The molecule has 0 unspecified atom stereocenters. The van der Waals surface area contributed by atoms with Crippen molar-refractivity contribution in [3.63, 3.8) is 0 Å². The fourth-order valence-corrected chi connectivity index (χ4v) is 4.78. The Kier molecular flexibility index (Phi) is 7.14. The van der Waals surface area contributed by atoms with Gasteiger partial charge in [0.15, 0.2) is 0 Å². The minimum absolute atomic E-state index is 0.565. The first-order chi connectivity index (χ1) is 20.8. The first-order valence-electron chi connectivity index (χ1n) is 14.1. The molecule has 0 saturated carbocycles. The Morgan fingerprint density at radius 3 is 0.952 bits per heavy atom. The van der Waals surface area contributed by atoms with Crippen molar-refractivity contribution in [1.29, 1.82) is 0 Å². The van der Waals surface area contributed by atoms with Crippen LogP contribution >= 0.6 is 0 Å². The van der Waals surface area contributed by atoms with Crippen molar-refractivity contribution in [3.05, 3.63) is 48.5 Å². The third-order valence-corrected chi connectivity index (χ3v) is 7.00. The van der Waals surface area contributed by atoms with E-state index in [0.717, 1.165) is 60.8 Å². The van der Waals surface area contributed by atoms with E-state index in [4.69, 9.17) is 0 Å². The van der Waals surface area contributed by atoms with Crippen molar-refractivity contribution in [2.24, 2.45) is 0 Å². The molecule has 4 aromatic heterocycles. The predicted molar refractivity (Wildman–Crippen MR) is 148 cm³/mol. The standard InChI is InChI=1S/C26H28N16/c1-3-13-39-31-23(27-35-39)19-9-7-11-21(17-19)25-29-37-41(33-25)15-5-2-6-16-42-34-26(30-38-42)22-12-8-10-20(18-22)24-28-36-40(32-24)14-4-1/h7-12,17-18H,1-6,13-16H2. The van der Waals surface area contributed by atoms with Gasteiger partial charge in [0.2, 0.25) is 23.3 Å². The van der Waals surface area contributed by atoms with Crippen molar-refractivity contribution in [3.8, 4) is 45.6 Å². The Labute approximate surface area is 239 Å². The zero-order chi connectivity index (χ0) is 28.1. The molecule has 0 fully saturated rings. The summed E-state index contributed by atoms with van der Waals surface area (Å²) in [6.07, 6.45) is 5.53. The van der Waals surface area contributed by atoms with Crippen LogP contribution in [0.4, 0.5) is 0 Å². The molecule has 212 valence electrons. The summed E-state index contributed by atoms with van der Waals surface area (Å²) in [6, 6.07) is 15.6. The van der Waals surface area contributed by atoms with Crippen molar-refractivity contribution in [2.75, 3.05) is 0 Å². The normalized spacial score (nSPS) is 14.7. The molecule has 0 saturated heterocycles. The summed E-state index contributed by atoms with van der Waals surface area (Å²) in [6.45, 7) is 2.68. The van der Waals surface area contributed by atoms with Crippen molar-refractivity contribution >= 4 is 0 Å². The topological polar surface area (TPSA) is 174 Å². The van der Waals surface area contributed by atoms with Crippen molar-refractivity contribution in [1.82, 2.24) is 80.8 Å². The lowest BCUT2D eigenvalue weighted by molar-refractivity contribution is 0.444. The summed E-state index contributed by atoms with van der Waals surface area (Å²) in [5.41, 5.74) is 3.41. The molecule has 42 heavy (non-hydrogen) atoms. The van der Waals surface area contributed by atoms with Gasteiger partial charge in [0.05, 0.1) is 26.2 Å². The second-order valence-electron chi connectivity index (χ2n) is 10.1. The van der Waals surface area contributed by atoms with Crippen molar-refractivity contribution in [2.45, 2.75) is 64.7 Å². The molecule has 0 amide bonds. The zero-order valence-electron chi connectivity index (χ0n) is 22.8. The quantitative estimate of drug-likeness (QED) is 0.264. The summed E-state index contributed by atoms with van der Waals surface area (Å²) < 4.78 is 0. The lowest BCUT2D eigenvalue weighted by atomic mass is 10.1. The number of nitrogens with zero attached hydrogens (tertiary/aromatic N) is 16. The van der Waals surface area contributed by atoms with E-state index in [9.17, 15) is 0 Å². The number of tetrazole rings is 4. The summed E-state index contributed by atoms with van der Waals surface area (Å²) in [4.78, 5) is 6.55. The van der Waals surface area contributed by atoms with Gasteiger partial charge in [-0.15, -0.1) is 40.8 Å². The molecule has 12 bridgehead atoms. The van der Waals surface area contributed by atoms with Crippen LogP contribution in [0.25, 0.3) is 45.6 Å². The molecular weight excluding hydrogens is 536 g/mol. The van der Waals surface area contributed by atoms with Crippen LogP contribution < -0.4 is 0 Å². The molecule has 2 aromatic carbocycles. The number of hydrogen-bond donors (Lipinski definition) is 0. The summed E-state index contributed by atoms with van der Waals surface area (Å²) in [5, 5.41) is 52.3. The zero-order valence-corrected chi connectivity index (χ0v) is 22.8. The minimum Gasteiger partial charge on any atom is -0.164 e. The lowest BCUT2D eigenvalue weighted by Crippen LogP contribution is -2.05. The molecule has 5 heterocycles. The Bertz CT molecular complexity index is 1530. The predicted octanol–water partition coefficient (Wildman–Crippen LogP) is 2.35. The van der Waals surface area contributed by atoms with Crippen LogP contribution in [0.2, 0.25) is 0 Å². The average Bonchev–Trinajstić information content (AvgIpc) is 3.84. The Hall–Kier alpha value is -5.28. The first-order valence-corrected chi connectivity index (χ1v) is 14.1. The van der Waals surface area contributed by atoms with Gasteiger partial charge < -0.3 is 0 Å². The molecule has 0 N–H and O–H groups in total. The molecule has 16 heteroatoms. The number of aryl methyl sites for hydroxylation is 4. The van der Waals surface area contributed by atoms with E-state index in [2.05, 4.69) is 61.6 Å². The fraction of sp³-hybridized carbons (Fsp3) is 0.385. The smallest absolute Gasteiger partial charge is 0.164 e. The van der Waals surface area contributed by atoms with Gasteiger partial charge in [-0.25, -0.2) is 0 Å². The molecule has 0 radical (unpaired) electrons. The maximum absolute atomic E-state index is 4.57. The van der Waals surface area contributed by atoms with Crippen molar-refractivity contribution < 1.29 is 0 Å². The fourth-order valence-electron chi connectivity index (χ4n) is 4.78. The average molecular weight is 565 g/mol. The Morgan fingerprint density at radius 2 is 0.667 bits per heavy atom. The second-order valence-corrected chi connectivity index (χ2v) is 10.1. The number of benzene rings is 2. The lowest BCUT2D eigenvalue weighted by Gasteiger charge is -2.01. The van der Waals surface area contributed by atoms with E-state index in [0.29, 0.717) is 49.5 Å². The molecule has 0 spiro atoms. The maximum Gasteiger partial charge on any atom is 0.204 e. The van der Waals surface area contributed by atoms with Crippen LogP contribution in [0.1, 0.15) is 38.5 Å². The monoisotopic (exact) mass is 564 g/mol. The molecule has 1 aliphatic rings. The molecular formula is C26H28N16. The third-order valence-electron chi connectivity index (χ3n) is 7.00. The highest BCUT2D eigenvalue weighted by molar-refractivity contribution is 5.66. The molecule has 16 nitrogen and oxygen atoms in total. The van der Waals surface area contributed by atoms with Gasteiger partial charge in [-0.1, -0.05) is 36.4 Å². The van der Waals surface area contributed by atoms with Gasteiger partial charge in [0.25, 0.3) is 0 Å². The van der Waals surface area contributed by atoms with E-state index in [1.54, 1.807) is 19.2 Å². The Balaban J connectivity index is 1.09. The van der Waals surface area contributed by atoms with Gasteiger partial charge in [0.1, 0.15) is 0 Å². The van der Waals surface area contributed by atoms with E-state index in [1.807, 2.05) is 48.5 Å². The number of aromatic nitrogens is 16. The molecule has 6 aromatic rings. The molecule has 7 rings (SSSR count). The number of hydrogen-bond acceptors (Lipinski definition) is 12. The highest BCUT2D eigenvalue weighted by atomic mass is 15.6. The molecule has 0 atom stereocenters. The Morgan fingerprint density at radius 1 is 0.381 bits per heavy atom. The summed E-state index contributed by atoms with van der Waals surface area (Å²) >= 11 is 0. The summed E-state index contributed by atoms with van der Waals surface area (Å²) in [5.74, 6) is 2.26. The van der Waals surface area contributed by atoms with Crippen LogP contribution in [0.5, 0.6) is 0 Å². The van der Waals surface area contributed by atoms with Crippen LogP contribution in [-0.2, 0) is 26.2 Å². The van der Waals surface area contributed by atoms with Gasteiger partial charge >= 0.3 is 0 Å². The van der Waals surface area contributed by atoms with Gasteiger partial charge in [-0.3, -0.25) is 0 Å². The number of rotatable bonds is 0. The SMILES string of the molecule is c1cc2cc(c1)-c1nnn(n1)CCCCCn1nnc(n1)-c1cccc(c1)-c1nnn(n1)CCCCCn1nnc-2n1. The van der Waals surface area contributed by atoms with Gasteiger partial charge in [-0.05, 0) is 71.5 Å². The summed E-state index contributed by atoms with van der Waals surface area (Å²) in [7, 11) is 0. The van der Waals surface area contributed by atoms with Gasteiger partial charge in [-0.2, -0.15) is 19.2 Å². The third kappa shape index (κ3) is 5.77. The van der Waals surface area contributed by atoms with Crippen LogP contribution in [0, 0.1) is 0 Å². The van der Waals surface area contributed by atoms with E-state index >= 15 is 0 Å². The van der Waals surface area contributed by atoms with E-state index in [-0.39, 0.29) is 0 Å². The van der Waals surface area contributed by atoms with Crippen LogP contribution in [0.15, 0.2) is 48.5 Å². The largest absolute Gasteiger partial charge is 0.204 e. The highest BCUT2D eigenvalue weighted by Gasteiger charge is 2.13.